The van der Waals surface area contributed by atoms with Gasteiger partial charge in [0.15, 0.2) is 0 Å². The van der Waals surface area contributed by atoms with Crippen LogP contribution in [-0.4, -0.2) is 42.9 Å². The van der Waals surface area contributed by atoms with Crippen LogP contribution in [0.25, 0.3) is 0 Å². The number of carbonyl (C=O) groups is 4. The molecule has 2 unspecified atom stereocenters. The molecule has 0 aromatic rings. The summed E-state index contributed by atoms with van der Waals surface area (Å²) in [7, 11) is 0. The summed E-state index contributed by atoms with van der Waals surface area (Å²) in [5.74, 6) is -1.27. The molecule has 8 nitrogen and oxygen atoms in total. The van der Waals surface area contributed by atoms with Crippen molar-refractivity contribution in [3.05, 3.63) is 34.4 Å². The summed E-state index contributed by atoms with van der Waals surface area (Å²) in [6.07, 6.45) is 7.38. The van der Waals surface area contributed by atoms with Gasteiger partial charge < -0.3 is 18.9 Å². The van der Waals surface area contributed by atoms with Crippen LogP contribution in [0.4, 0.5) is 0 Å². The van der Waals surface area contributed by atoms with Gasteiger partial charge in [-0.05, 0) is 60.7 Å². The largest absolute Gasteiger partial charge is 0.461 e. The summed E-state index contributed by atoms with van der Waals surface area (Å²) in [5.41, 5.74) is 3.39. The zero-order valence-electron chi connectivity index (χ0n) is 41.4. The van der Waals surface area contributed by atoms with Gasteiger partial charge in [-0.15, -0.1) is 0 Å². The molecule has 0 bridgehead atoms. The Morgan fingerprint density at radius 2 is 0.983 bits per heavy atom. The van der Waals surface area contributed by atoms with E-state index in [1.807, 2.05) is 34.6 Å². The summed E-state index contributed by atoms with van der Waals surface area (Å²) in [5, 5.41) is 0. The zero-order chi connectivity index (χ0) is 46.0. The van der Waals surface area contributed by atoms with Crippen molar-refractivity contribution >= 4 is 25.9 Å². The van der Waals surface area contributed by atoms with Gasteiger partial charge in [-0.2, -0.15) is 0 Å². The van der Waals surface area contributed by atoms with Crippen LogP contribution in [-0.2, 0) is 38.1 Å². The SMILES string of the molecule is CC(C)(C)C1=CC(C)(C)C(C)(OC=O)C(C)(C)C1(C)C.CC1(OC=O)CC=C(C(C)(C)C)CC1.CC1=C(C(C)(C)C)C(C)(C)C12C(C)(C)C(OC=O)(OC=O)C2(C)C. The van der Waals surface area contributed by atoms with Gasteiger partial charge in [-0.25, -0.2) is 0 Å². The van der Waals surface area contributed by atoms with Crippen LogP contribution >= 0.6 is 0 Å². The smallest absolute Gasteiger partial charge is 0.296 e. The molecule has 0 aromatic carbocycles. The molecule has 1 fully saturated rings. The molecule has 0 radical (unpaired) electrons. The topological polar surface area (TPSA) is 105 Å². The Balaban J connectivity index is 0.000000311. The van der Waals surface area contributed by atoms with Crippen molar-refractivity contribution in [1.29, 1.82) is 0 Å². The molecule has 0 saturated heterocycles. The third kappa shape index (κ3) is 7.14. The molecule has 0 aromatic heterocycles. The maximum Gasteiger partial charge on any atom is 0.296 e. The summed E-state index contributed by atoms with van der Waals surface area (Å²) in [6, 6.07) is 0. The van der Waals surface area contributed by atoms with Gasteiger partial charge in [0.05, 0.1) is 10.8 Å². The van der Waals surface area contributed by atoms with E-state index in [9.17, 15) is 19.2 Å². The second kappa shape index (κ2) is 15.2. The van der Waals surface area contributed by atoms with E-state index in [1.54, 1.807) is 0 Å². The van der Waals surface area contributed by atoms with Crippen LogP contribution in [0.1, 0.15) is 185 Å². The van der Waals surface area contributed by atoms with Crippen LogP contribution in [0.5, 0.6) is 0 Å². The third-order valence-electron chi connectivity index (χ3n) is 16.5. The number of ether oxygens (including phenoxy) is 4. The van der Waals surface area contributed by atoms with E-state index in [0.717, 1.165) is 19.3 Å². The molecule has 1 spiro atoms. The zero-order valence-corrected chi connectivity index (χ0v) is 41.4. The van der Waals surface area contributed by atoms with Crippen LogP contribution in [0, 0.1) is 54.1 Å². The second-order valence-electron chi connectivity index (χ2n) is 24.3. The van der Waals surface area contributed by atoms with E-state index in [1.165, 1.54) is 22.3 Å². The predicted molar refractivity (Wildman–Crippen MR) is 234 cm³/mol. The predicted octanol–water partition coefficient (Wildman–Crippen LogP) is 12.5. The first kappa shape index (κ1) is 51.2. The van der Waals surface area contributed by atoms with Crippen LogP contribution in [0.2, 0.25) is 0 Å². The average Bonchev–Trinajstić information content (AvgIpc) is 3.01. The van der Waals surface area contributed by atoms with Crippen molar-refractivity contribution in [1.82, 2.24) is 0 Å². The Hall–Kier alpha value is -2.90. The van der Waals surface area contributed by atoms with Crippen LogP contribution < -0.4 is 0 Å². The van der Waals surface area contributed by atoms with Gasteiger partial charge in [0.2, 0.25) is 0 Å². The van der Waals surface area contributed by atoms with Gasteiger partial charge in [-0.1, -0.05) is 180 Å². The Kier molecular flexibility index (Phi) is 13.4. The highest BCUT2D eigenvalue weighted by atomic mass is 16.7. The second-order valence-corrected chi connectivity index (χ2v) is 24.3. The molecule has 4 rings (SSSR count). The van der Waals surface area contributed by atoms with Gasteiger partial charge in [-0.3, -0.25) is 19.2 Å². The van der Waals surface area contributed by atoms with E-state index < -0.39 is 22.2 Å². The Labute approximate surface area is 354 Å². The minimum Gasteiger partial charge on any atom is -0.461 e. The van der Waals surface area contributed by atoms with Crippen molar-refractivity contribution in [2.75, 3.05) is 0 Å². The molecule has 4 aliphatic carbocycles. The van der Waals surface area contributed by atoms with E-state index in [2.05, 4.69) is 144 Å². The molecule has 0 N–H and O–H groups in total. The lowest BCUT2D eigenvalue weighted by atomic mass is 9.21. The highest BCUT2D eigenvalue weighted by Gasteiger charge is 2.91. The van der Waals surface area contributed by atoms with Crippen molar-refractivity contribution in [2.45, 2.75) is 202 Å². The summed E-state index contributed by atoms with van der Waals surface area (Å²) < 4.78 is 21.7. The fourth-order valence-electron chi connectivity index (χ4n) is 13.8. The Morgan fingerprint density at radius 3 is 1.29 bits per heavy atom. The molecule has 1 saturated carbocycles. The van der Waals surface area contributed by atoms with Crippen molar-refractivity contribution < 1.29 is 38.1 Å². The van der Waals surface area contributed by atoms with Gasteiger partial charge in [0.1, 0.15) is 11.2 Å². The van der Waals surface area contributed by atoms with E-state index in [0.29, 0.717) is 25.9 Å². The van der Waals surface area contributed by atoms with Gasteiger partial charge in [0.25, 0.3) is 31.7 Å². The van der Waals surface area contributed by atoms with E-state index >= 15 is 0 Å². The number of allylic oxidation sites excluding steroid dienone is 4. The summed E-state index contributed by atoms with van der Waals surface area (Å²) in [4.78, 5) is 43.8. The quantitative estimate of drug-likeness (QED) is 0.103. The molecular weight excluding hydrogens is 729 g/mol. The van der Waals surface area contributed by atoms with Gasteiger partial charge >= 0.3 is 0 Å². The Morgan fingerprint density at radius 1 is 0.552 bits per heavy atom. The molecule has 332 valence electrons. The lowest BCUT2D eigenvalue weighted by Crippen LogP contribution is -2.87. The van der Waals surface area contributed by atoms with Crippen molar-refractivity contribution in [3.63, 3.8) is 0 Å². The first-order valence-corrected chi connectivity index (χ1v) is 21.3. The molecule has 58 heavy (non-hydrogen) atoms. The number of hydrogen-bond donors (Lipinski definition) is 0. The number of carbonyl (C=O) groups excluding carboxylic acids is 4. The maximum atomic E-state index is 11.2. The number of hydrogen-bond acceptors (Lipinski definition) is 8. The summed E-state index contributed by atoms with van der Waals surface area (Å²) >= 11 is 0. The minimum atomic E-state index is -1.27. The first-order valence-electron chi connectivity index (χ1n) is 21.3. The molecule has 2 atom stereocenters. The highest BCUT2D eigenvalue weighted by molar-refractivity contribution is 5.57. The average molecular weight is 813 g/mol. The normalized spacial score (nSPS) is 29.1. The standard InChI is InChI=1S/C20H32O4.C18H32O2.C12H20O2/c1-13-14(15(2,3)4)16(5,6)19(13)17(7,8)20(23-11-21,24-12-22)18(19,9)10;1-14(2,3)13-11-15(4,5)18(10,20-12-19)17(8,9)16(13,6)7;1-11(2,3)10-5-7-12(4,8-6-10)14-9-13/h11-12H,1-10H3;11-12H,1-10H3;5,9H,6-8H2,1-4H3. The number of rotatable bonds is 8. The van der Waals surface area contributed by atoms with Gasteiger partial charge in [0, 0.05) is 22.7 Å². The van der Waals surface area contributed by atoms with Crippen molar-refractivity contribution in [3.8, 4) is 0 Å². The molecule has 8 heteroatoms. The van der Waals surface area contributed by atoms with E-state index in [4.69, 9.17) is 18.9 Å². The minimum absolute atomic E-state index is 0.0558. The molecule has 0 aliphatic heterocycles. The lowest BCUT2D eigenvalue weighted by Gasteiger charge is -2.84. The fourth-order valence-corrected chi connectivity index (χ4v) is 13.8. The maximum absolute atomic E-state index is 11.2. The lowest BCUT2D eigenvalue weighted by molar-refractivity contribution is -0.450. The van der Waals surface area contributed by atoms with Crippen molar-refractivity contribution in [2.24, 2.45) is 54.1 Å². The molecule has 0 heterocycles. The molecular formula is C50H84O8. The Bertz CT molecular complexity index is 1650. The first-order chi connectivity index (χ1) is 25.7. The molecule has 0 amide bonds. The monoisotopic (exact) mass is 813 g/mol. The third-order valence-corrected chi connectivity index (χ3v) is 16.5. The van der Waals surface area contributed by atoms with E-state index in [-0.39, 0.29) is 48.9 Å². The van der Waals surface area contributed by atoms with Crippen LogP contribution in [0.15, 0.2) is 34.4 Å². The molecule has 4 aliphatic rings. The van der Waals surface area contributed by atoms with Crippen LogP contribution in [0.3, 0.4) is 0 Å². The fraction of sp³-hybridized carbons (Fsp3) is 0.800. The highest BCUT2D eigenvalue weighted by Crippen LogP contribution is 2.88. The summed E-state index contributed by atoms with van der Waals surface area (Å²) in [6.45, 7) is 54.3.